The second-order valence-electron chi connectivity index (χ2n) is 11.0. The second kappa shape index (κ2) is 8.41. The Labute approximate surface area is 210 Å². The van der Waals surface area contributed by atoms with Gasteiger partial charge in [-0.2, -0.15) is 0 Å². The molecule has 4 aliphatic rings. The monoisotopic (exact) mass is 490 g/mol. The van der Waals surface area contributed by atoms with Crippen molar-refractivity contribution in [3.05, 3.63) is 64.3 Å². The molecule has 0 saturated heterocycles. The number of carbonyl (C=O) groups is 2. The zero-order valence-electron chi connectivity index (χ0n) is 20.3. The number of halogens is 1. The summed E-state index contributed by atoms with van der Waals surface area (Å²) < 4.78 is 7.18. The minimum atomic E-state index is -0.137. The lowest BCUT2D eigenvalue weighted by Crippen LogP contribution is -2.60. The van der Waals surface area contributed by atoms with Crippen LogP contribution < -0.4 is 10.1 Å². The molecule has 0 unspecified atom stereocenters. The Morgan fingerprint density at radius 3 is 2.26 bits per heavy atom. The molecule has 1 aromatic heterocycles. The SMILES string of the molecule is COc1ccc2c(c1)c(CC(=O)NC13CC4CC(CC(C4)C1)C3)c(C)n2C(=O)c1ccc(Cl)cc1. The lowest BCUT2D eigenvalue weighted by atomic mass is 9.53. The minimum absolute atomic E-state index is 0.0328. The summed E-state index contributed by atoms with van der Waals surface area (Å²) in [6, 6.07) is 12.6. The van der Waals surface area contributed by atoms with Crippen LogP contribution in [0.2, 0.25) is 5.02 Å². The van der Waals surface area contributed by atoms with E-state index in [1.165, 1.54) is 19.3 Å². The molecule has 0 atom stereocenters. The average molecular weight is 491 g/mol. The number of hydrogen-bond donors (Lipinski definition) is 1. The molecule has 4 aliphatic carbocycles. The number of nitrogens with one attached hydrogen (secondary N) is 1. The Balaban J connectivity index is 1.34. The summed E-state index contributed by atoms with van der Waals surface area (Å²) in [6.07, 6.45) is 7.63. The van der Waals surface area contributed by atoms with E-state index in [4.69, 9.17) is 16.3 Å². The standard InChI is InChI=1S/C29H31ClN2O3/c1-17-24(13-27(33)31-29-14-18-9-19(15-29)11-20(10-18)16-29)25-12-23(35-2)7-8-26(25)32(17)28(34)21-3-5-22(30)6-4-21/h3-8,12,18-20H,9-11,13-16H2,1-2H3,(H,31,33). The molecule has 4 saturated carbocycles. The van der Waals surface area contributed by atoms with Crippen molar-refractivity contribution in [3.63, 3.8) is 0 Å². The Morgan fingerprint density at radius 1 is 1.03 bits per heavy atom. The van der Waals surface area contributed by atoms with E-state index in [1.54, 1.807) is 35.9 Å². The van der Waals surface area contributed by atoms with Crippen molar-refractivity contribution in [2.24, 2.45) is 17.8 Å². The topological polar surface area (TPSA) is 60.3 Å². The van der Waals surface area contributed by atoms with Crippen molar-refractivity contribution in [2.45, 2.75) is 57.4 Å². The summed E-state index contributed by atoms with van der Waals surface area (Å²) in [7, 11) is 1.63. The average Bonchev–Trinajstić information content (AvgIpc) is 3.08. The van der Waals surface area contributed by atoms with Crippen LogP contribution in [-0.2, 0) is 11.2 Å². The Kier molecular flexibility index (Phi) is 5.44. The number of hydrogen-bond acceptors (Lipinski definition) is 3. The quantitative estimate of drug-likeness (QED) is 0.482. The molecule has 4 bridgehead atoms. The Hall–Kier alpha value is -2.79. The van der Waals surface area contributed by atoms with Crippen LogP contribution in [0.15, 0.2) is 42.5 Å². The number of aromatic nitrogens is 1. The van der Waals surface area contributed by atoms with Crippen LogP contribution in [0, 0.1) is 24.7 Å². The van der Waals surface area contributed by atoms with Gasteiger partial charge in [0.05, 0.1) is 19.0 Å². The zero-order chi connectivity index (χ0) is 24.3. The van der Waals surface area contributed by atoms with E-state index in [-0.39, 0.29) is 23.8 Å². The third kappa shape index (κ3) is 3.94. The van der Waals surface area contributed by atoms with Gasteiger partial charge in [0, 0.05) is 27.2 Å². The lowest BCUT2D eigenvalue weighted by Gasteiger charge is -2.56. The first-order chi connectivity index (χ1) is 16.8. The molecular weight excluding hydrogens is 460 g/mol. The van der Waals surface area contributed by atoms with Gasteiger partial charge in [-0.25, -0.2) is 0 Å². The molecule has 5 nitrogen and oxygen atoms in total. The maximum absolute atomic E-state index is 13.5. The number of methoxy groups -OCH3 is 1. The third-order valence-corrected chi connectivity index (χ3v) is 8.87. The smallest absolute Gasteiger partial charge is 0.262 e. The van der Waals surface area contributed by atoms with Crippen molar-refractivity contribution >= 4 is 34.3 Å². The van der Waals surface area contributed by atoms with Crippen LogP contribution in [-0.4, -0.2) is 29.0 Å². The molecule has 4 fully saturated rings. The van der Waals surface area contributed by atoms with Gasteiger partial charge < -0.3 is 10.1 Å². The number of carbonyl (C=O) groups excluding carboxylic acids is 2. The Bertz CT molecular complexity index is 1290. The van der Waals surface area contributed by atoms with E-state index in [1.807, 2.05) is 25.1 Å². The van der Waals surface area contributed by atoms with E-state index >= 15 is 0 Å². The van der Waals surface area contributed by atoms with Crippen molar-refractivity contribution in [3.8, 4) is 5.75 Å². The van der Waals surface area contributed by atoms with Crippen LogP contribution in [0.4, 0.5) is 0 Å². The predicted octanol–water partition coefficient (Wildman–Crippen LogP) is 5.93. The number of rotatable bonds is 5. The van der Waals surface area contributed by atoms with Gasteiger partial charge in [0.1, 0.15) is 5.75 Å². The van der Waals surface area contributed by atoms with Gasteiger partial charge in [-0.1, -0.05) is 11.6 Å². The lowest BCUT2D eigenvalue weighted by molar-refractivity contribution is -0.126. The highest BCUT2D eigenvalue weighted by molar-refractivity contribution is 6.30. The van der Waals surface area contributed by atoms with Crippen LogP contribution in [0.5, 0.6) is 5.75 Å². The third-order valence-electron chi connectivity index (χ3n) is 8.62. The highest BCUT2D eigenvalue weighted by Gasteiger charge is 2.51. The van der Waals surface area contributed by atoms with Crippen LogP contribution in [0.25, 0.3) is 10.9 Å². The Morgan fingerprint density at radius 2 is 1.66 bits per heavy atom. The van der Waals surface area contributed by atoms with E-state index < -0.39 is 0 Å². The summed E-state index contributed by atoms with van der Waals surface area (Å²) in [5.41, 5.74) is 2.96. The highest BCUT2D eigenvalue weighted by Crippen LogP contribution is 2.55. The number of benzene rings is 2. The van der Waals surface area contributed by atoms with Gasteiger partial charge in [0.15, 0.2) is 0 Å². The molecule has 0 aliphatic heterocycles. The second-order valence-corrected chi connectivity index (χ2v) is 11.5. The molecule has 1 amide bonds. The summed E-state index contributed by atoms with van der Waals surface area (Å²) in [5, 5.41) is 4.96. The molecule has 0 radical (unpaired) electrons. The normalized spacial score (nSPS) is 26.8. The summed E-state index contributed by atoms with van der Waals surface area (Å²) >= 11 is 6.04. The molecule has 35 heavy (non-hydrogen) atoms. The van der Waals surface area contributed by atoms with Crippen LogP contribution in [0.1, 0.15) is 60.1 Å². The molecule has 182 valence electrons. The number of nitrogens with zero attached hydrogens (tertiary/aromatic N) is 1. The van der Waals surface area contributed by atoms with Gasteiger partial charge >= 0.3 is 0 Å². The first-order valence-corrected chi connectivity index (χ1v) is 13.0. The zero-order valence-corrected chi connectivity index (χ0v) is 21.0. The number of amides is 1. The number of fused-ring (bicyclic) bond motifs is 1. The van der Waals surface area contributed by atoms with Crippen molar-refractivity contribution < 1.29 is 14.3 Å². The molecule has 1 N–H and O–H groups in total. The maximum Gasteiger partial charge on any atom is 0.262 e. The van der Waals surface area contributed by atoms with Crippen molar-refractivity contribution in [2.75, 3.05) is 7.11 Å². The van der Waals surface area contributed by atoms with Gasteiger partial charge in [-0.05, 0) is 111 Å². The van der Waals surface area contributed by atoms with E-state index in [0.717, 1.165) is 59.2 Å². The summed E-state index contributed by atoms with van der Waals surface area (Å²) in [5.74, 6) is 2.93. The highest BCUT2D eigenvalue weighted by atomic mass is 35.5. The van der Waals surface area contributed by atoms with Crippen molar-refractivity contribution in [1.82, 2.24) is 9.88 Å². The molecule has 3 aromatic rings. The van der Waals surface area contributed by atoms with Crippen LogP contribution >= 0.6 is 11.6 Å². The molecule has 7 rings (SSSR count). The van der Waals surface area contributed by atoms with E-state index in [2.05, 4.69) is 5.32 Å². The fraction of sp³-hybridized carbons (Fsp3) is 0.448. The van der Waals surface area contributed by atoms with Gasteiger partial charge in [0.25, 0.3) is 5.91 Å². The van der Waals surface area contributed by atoms with E-state index in [0.29, 0.717) is 16.3 Å². The summed E-state index contributed by atoms with van der Waals surface area (Å²) in [6.45, 7) is 1.92. The van der Waals surface area contributed by atoms with Gasteiger partial charge in [-0.15, -0.1) is 0 Å². The first kappa shape index (κ1) is 22.7. The molecule has 1 heterocycles. The fourth-order valence-corrected chi connectivity index (χ4v) is 7.69. The maximum atomic E-state index is 13.5. The fourth-order valence-electron chi connectivity index (χ4n) is 7.56. The minimum Gasteiger partial charge on any atom is -0.497 e. The first-order valence-electron chi connectivity index (χ1n) is 12.6. The molecule has 0 spiro atoms. The van der Waals surface area contributed by atoms with Gasteiger partial charge in [0.2, 0.25) is 5.91 Å². The molecule has 2 aromatic carbocycles. The molecular formula is C29H31ClN2O3. The molecule has 6 heteroatoms. The number of ether oxygens (including phenoxy) is 1. The summed E-state index contributed by atoms with van der Waals surface area (Å²) in [4.78, 5) is 27.0. The predicted molar refractivity (Wildman–Crippen MR) is 137 cm³/mol. The van der Waals surface area contributed by atoms with Crippen LogP contribution in [0.3, 0.4) is 0 Å². The largest absolute Gasteiger partial charge is 0.497 e. The van der Waals surface area contributed by atoms with Gasteiger partial charge in [-0.3, -0.25) is 14.2 Å². The van der Waals surface area contributed by atoms with Crippen molar-refractivity contribution in [1.29, 1.82) is 0 Å². The van der Waals surface area contributed by atoms with E-state index in [9.17, 15) is 9.59 Å².